The first kappa shape index (κ1) is 14.9. The van der Waals surface area contributed by atoms with E-state index >= 15 is 0 Å². The van der Waals surface area contributed by atoms with Crippen LogP contribution in [0, 0.1) is 29.9 Å². The molecule has 0 aromatic heterocycles. The SMILES string of the molecule is Cc1cc(Oc2ccc(C#N)c(F)c2)c([C@H](C)O)cc1F. The molecule has 2 aromatic rings. The van der Waals surface area contributed by atoms with Gasteiger partial charge < -0.3 is 9.84 Å². The molecular weight excluding hydrogens is 276 g/mol. The van der Waals surface area contributed by atoms with Gasteiger partial charge in [0.25, 0.3) is 0 Å². The Bertz CT molecular complexity index is 721. The molecule has 0 saturated heterocycles. The number of ether oxygens (including phenoxy) is 1. The van der Waals surface area contributed by atoms with Crippen LogP contribution in [0.2, 0.25) is 0 Å². The number of benzene rings is 2. The Labute approximate surface area is 121 Å². The van der Waals surface area contributed by atoms with Crippen molar-refractivity contribution in [2.45, 2.75) is 20.0 Å². The lowest BCUT2D eigenvalue weighted by Crippen LogP contribution is -1.99. The smallest absolute Gasteiger partial charge is 0.144 e. The van der Waals surface area contributed by atoms with Crippen molar-refractivity contribution in [1.29, 1.82) is 5.26 Å². The summed E-state index contributed by atoms with van der Waals surface area (Å²) in [4.78, 5) is 0. The highest BCUT2D eigenvalue weighted by atomic mass is 19.1. The average molecular weight is 289 g/mol. The fourth-order valence-electron chi connectivity index (χ4n) is 1.86. The van der Waals surface area contributed by atoms with Crippen LogP contribution in [-0.4, -0.2) is 5.11 Å². The fraction of sp³-hybridized carbons (Fsp3) is 0.188. The van der Waals surface area contributed by atoms with E-state index in [1.165, 1.54) is 31.2 Å². The summed E-state index contributed by atoms with van der Waals surface area (Å²) in [6.07, 6.45) is -0.932. The number of aliphatic hydroxyl groups excluding tert-OH is 1. The summed E-state index contributed by atoms with van der Waals surface area (Å²) in [7, 11) is 0. The predicted octanol–water partition coefficient (Wildman–Crippen LogP) is 3.99. The standard InChI is InChI=1S/C16H13F2NO2/c1-9-5-16(13(10(2)20)7-14(9)17)21-12-4-3-11(8-19)15(18)6-12/h3-7,10,20H,1-2H3/t10-/m0/s1. The van der Waals surface area contributed by atoms with Gasteiger partial charge in [-0.2, -0.15) is 5.26 Å². The van der Waals surface area contributed by atoms with Crippen LogP contribution in [0.25, 0.3) is 0 Å². The summed E-state index contributed by atoms with van der Waals surface area (Å²) in [5, 5.41) is 18.3. The zero-order chi connectivity index (χ0) is 15.6. The van der Waals surface area contributed by atoms with E-state index in [2.05, 4.69) is 0 Å². The quantitative estimate of drug-likeness (QED) is 0.929. The molecule has 2 aromatic carbocycles. The van der Waals surface area contributed by atoms with Gasteiger partial charge in [0.1, 0.15) is 29.2 Å². The third-order valence-corrected chi connectivity index (χ3v) is 3.03. The van der Waals surface area contributed by atoms with Crippen LogP contribution in [0.4, 0.5) is 8.78 Å². The van der Waals surface area contributed by atoms with E-state index in [-0.39, 0.29) is 22.6 Å². The van der Waals surface area contributed by atoms with E-state index in [0.717, 1.165) is 6.07 Å². The molecule has 2 rings (SSSR count). The maximum absolute atomic E-state index is 13.6. The molecule has 0 saturated carbocycles. The summed E-state index contributed by atoms with van der Waals surface area (Å²) in [6.45, 7) is 3.05. The Morgan fingerprint density at radius 2 is 1.90 bits per heavy atom. The summed E-state index contributed by atoms with van der Waals surface area (Å²) < 4.78 is 32.6. The predicted molar refractivity (Wildman–Crippen MR) is 73.0 cm³/mol. The number of hydrogen-bond donors (Lipinski definition) is 1. The fourth-order valence-corrected chi connectivity index (χ4v) is 1.86. The van der Waals surface area contributed by atoms with Crippen LogP contribution in [0.1, 0.15) is 29.7 Å². The number of halogens is 2. The number of aryl methyl sites for hydroxylation is 1. The Hall–Kier alpha value is -2.45. The average Bonchev–Trinajstić information content (AvgIpc) is 2.42. The first-order valence-corrected chi connectivity index (χ1v) is 6.28. The van der Waals surface area contributed by atoms with Gasteiger partial charge >= 0.3 is 0 Å². The molecule has 1 atom stereocenters. The Morgan fingerprint density at radius 3 is 2.48 bits per heavy atom. The van der Waals surface area contributed by atoms with E-state index < -0.39 is 17.7 Å². The number of hydrogen-bond acceptors (Lipinski definition) is 3. The molecule has 0 bridgehead atoms. The van der Waals surface area contributed by atoms with Crippen molar-refractivity contribution in [1.82, 2.24) is 0 Å². The van der Waals surface area contributed by atoms with Crippen LogP contribution in [-0.2, 0) is 0 Å². The molecule has 0 amide bonds. The summed E-state index contributed by atoms with van der Waals surface area (Å²) in [6, 6.07) is 8.14. The van der Waals surface area contributed by atoms with Crippen LogP contribution in [0.15, 0.2) is 30.3 Å². The van der Waals surface area contributed by atoms with Crippen LogP contribution < -0.4 is 4.74 Å². The molecule has 0 spiro atoms. The highest BCUT2D eigenvalue weighted by molar-refractivity contribution is 5.44. The van der Waals surface area contributed by atoms with Crippen molar-refractivity contribution in [2.75, 3.05) is 0 Å². The molecule has 0 heterocycles. The molecule has 1 N–H and O–H groups in total. The van der Waals surface area contributed by atoms with E-state index in [1.54, 1.807) is 13.0 Å². The van der Waals surface area contributed by atoms with Crippen molar-refractivity contribution in [3.05, 3.63) is 58.7 Å². The van der Waals surface area contributed by atoms with Crippen molar-refractivity contribution in [3.8, 4) is 17.6 Å². The Morgan fingerprint density at radius 1 is 1.19 bits per heavy atom. The second kappa shape index (κ2) is 5.90. The van der Waals surface area contributed by atoms with Crippen LogP contribution >= 0.6 is 0 Å². The third-order valence-electron chi connectivity index (χ3n) is 3.03. The maximum atomic E-state index is 13.6. The normalized spacial score (nSPS) is 11.8. The Kier molecular flexibility index (Phi) is 4.20. The molecule has 0 aliphatic rings. The molecular formula is C16H13F2NO2. The molecule has 3 nitrogen and oxygen atoms in total. The maximum Gasteiger partial charge on any atom is 0.144 e. The number of nitrogens with zero attached hydrogens (tertiary/aromatic N) is 1. The van der Waals surface area contributed by atoms with Gasteiger partial charge in [0.05, 0.1) is 11.7 Å². The van der Waals surface area contributed by atoms with Gasteiger partial charge in [0.15, 0.2) is 0 Å². The molecule has 108 valence electrons. The summed E-state index contributed by atoms with van der Waals surface area (Å²) in [5.41, 5.74) is 0.528. The minimum Gasteiger partial charge on any atom is -0.457 e. The van der Waals surface area contributed by atoms with E-state index in [1.807, 2.05) is 0 Å². The second-order valence-corrected chi connectivity index (χ2v) is 4.67. The first-order valence-electron chi connectivity index (χ1n) is 6.28. The highest BCUT2D eigenvalue weighted by Gasteiger charge is 2.14. The lowest BCUT2D eigenvalue weighted by molar-refractivity contribution is 0.195. The van der Waals surface area contributed by atoms with Gasteiger partial charge in [-0.3, -0.25) is 0 Å². The summed E-state index contributed by atoms with van der Waals surface area (Å²) in [5.74, 6) is -0.746. The molecule has 0 fully saturated rings. The van der Waals surface area contributed by atoms with Crippen molar-refractivity contribution in [3.63, 3.8) is 0 Å². The second-order valence-electron chi connectivity index (χ2n) is 4.67. The van der Waals surface area contributed by atoms with Gasteiger partial charge in [-0.15, -0.1) is 0 Å². The molecule has 21 heavy (non-hydrogen) atoms. The lowest BCUT2D eigenvalue weighted by Gasteiger charge is -2.15. The third kappa shape index (κ3) is 3.18. The van der Waals surface area contributed by atoms with Gasteiger partial charge in [-0.1, -0.05) is 0 Å². The molecule has 0 unspecified atom stereocenters. The monoisotopic (exact) mass is 289 g/mol. The topological polar surface area (TPSA) is 53.2 Å². The van der Waals surface area contributed by atoms with E-state index in [9.17, 15) is 13.9 Å². The van der Waals surface area contributed by atoms with Crippen molar-refractivity contribution >= 4 is 0 Å². The lowest BCUT2D eigenvalue weighted by atomic mass is 10.1. The minimum absolute atomic E-state index is 0.0895. The van der Waals surface area contributed by atoms with Gasteiger partial charge in [0, 0.05) is 11.6 Å². The molecule has 0 aliphatic carbocycles. The molecule has 5 heteroatoms. The van der Waals surface area contributed by atoms with Crippen molar-refractivity contribution in [2.24, 2.45) is 0 Å². The minimum atomic E-state index is -0.932. The van der Waals surface area contributed by atoms with Gasteiger partial charge in [-0.25, -0.2) is 8.78 Å². The van der Waals surface area contributed by atoms with Crippen LogP contribution in [0.3, 0.4) is 0 Å². The zero-order valence-corrected chi connectivity index (χ0v) is 11.5. The van der Waals surface area contributed by atoms with Crippen LogP contribution in [0.5, 0.6) is 11.5 Å². The highest BCUT2D eigenvalue weighted by Crippen LogP contribution is 2.32. The molecule has 0 radical (unpaired) electrons. The van der Waals surface area contributed by atoms with Gasteiger partial charge in [0.2, 0.25) is 0 Å². The Balaban J connectivity index is 2.42. The van der Waals surface area contributed by atoms with Crippen molar-refractivity contribution < 1.29 is 18.6 Å². The molecule has 0 aliphatic heterocycles. The largest absolute Gasteiger partial charge is 0.457 e. The van der Waals surface area contributed by atoms with Gasteiger partial charge in [-0.05, 0) is 43.7 Å². The first-order chi connectivity index (χ1) is 9.92. The van der Waals surface area contributed by atoms with E-state index in [0.29, 0.717) is 5.56 Å². The zero-order valence-electron chi connectivity index (χ0n) is 11.5. The number of nitriles is 1. The summed E-state index contributed by atoms with van der Waals surface area (Å²) >= 11 is 0. The van der Waals surface area contributed by atoms with E-state index in [4.69, 9.17) is 10.00 Å². The number of aliphatic hydroxyl groups is 1. The number of rotatable bonds is 3.